The van der Waals surface area contributed by atoms with Gasteiger partial charge in [-0.05, 0) is 35.7 Å². The van der Waals surface area contributed by atoms with Gasteiger partial charge in [-0.2, -0.15) is 0 Å². The Bertz CT molecular complexity index is 802. The number of rotatable bonds is 6. The number of carbonyl (C=O) groups is 1. The van der Waals surface area contributed by atoms with Gasteiger partial charge in [0, 0.05) is 5.69 Å². The van der Waals surface area contributed by atoms with E-state index in [2.05, 4.69) is 5.32 Å². The van der Waals surface area contributed by atoms with E-state index in [9.17, 15) is 13.2 Å². The molecular weight excluding hydrogens is 324 g/mol. The lowest BCUT2D eigenvalue weighted by molar-refractivity contribution is -0.118. The van der Waals surface area contributed by atoms with E-state index >= 15 is 0 Å². The first-order valence-electron chi connectivity index (χ1n) is 7.73. The van der Waals surface area contributed by atoms with Crippen molar-refractivity contribution in [3.05, 3.63) is 60.2 Å². The van der Waals surface area contributed by atoms with Crippen LogP contribution in [0.5, 0.6) is 0 Å². The molecule has 0 saturated heterocycles. The third kappa shape index (κ3) is 4.66. The number of anilines is 1. The molecule has 0 aromatic heterocycles. The number of hydrogen-bond donors (Lipinski definition) is 2. The third-order valence-electron chi connectivity index (χ3n) is 3.67. The monoisotopic (exact) mass is 346 g/mol. The van der Waals surface area contributed by atoms with Gasteiger partial charge in [0.15, 0.2) is 9.84 Å². The van der Waals surface area contributed by atoms with Crippen molar-refractivity contribution in [2.45, 2.75) is 30.5 Å². The van der Waals surface area contributed by atoms with Gasteiger partial charge in [0.2, 0.25) is 5.91 Å². The second-order valence-corrected chi connectivity index (χ2v) is 8.02. The molecule has 3 N–H and O–H groups in total. The van der Waals surface area contributed by atoms with Crippen LogP contribution in [0.1, 0.15) is 19.4 Å². The first-order chi connectivity index (χ1) is 11.3. The first kappa shape index (κ1) is 18.2. The van der Waals surface area contributed by atoms with E-state index in [4.69, 9.17) is 5.73 Å². The van der Waals surface area contributed by atoms with E-state index in [0.717, 1.165) is 0 Å². The molecule has 0 aliphatic heterocycles. The molecule has 2 aromatic carbocycles. The smallest absolute Gasteiger partial charge is 0.241 e. The van der Waals surface area contributed by atoms with Crippen molar-refractivity contribution < 1.29 is 13.2 Å². The molecule has 1 atom stereocenters. The van der Waals surface area contributed by atoms with Crippen molar-refractivity contribution >= 4 is 21.4 Å². The van der Waals surface area contributed by atoms with Gasteiger partial charge in [-0.25, -0.2) is 8.42 Å². The summed E-state index contributed by atoms with van der Waals surface area (Å²) < 4.78 is 24.9. The van der Waals surface area contributed by atoms with Crippen molar-refractivity contribution in [1.29, 1.82) is 0 Å². The van der Waals surface area contributed by atoms with Crippen LogP contribution in [0.3, 0.4) is 0 Å². The molecule has 2 rings (SSSR count). The molecule has 0 spiro atoms. The minimum Gasteiger partial charge on any atom is -0.325 e. The molecule has 6 heteroatoms. The highest BCUT2D eigenvalue weighted by Gasteiger charge is 2.18. The van der Waals surface area contributed by atoms with Crippen molar-refractivity contribution in [1.82, 2.24) is 0 Å². The molecule has 0 radical (unpaired) electrons. The highest BCUT2D eigenvalue weighted by Crippen LogP contribution is 2.19. The molecule has 1 amide bonds. The standard InChI is InChI=1S/C18H22N2O3S/c1-13(2)17(19)18(21)20-15-8-6-7-14(11-15)12-24(22,23)16-9-4-3-5-10-16/h3-11,13,17H,12,19H2,1-2H3,(H,20,21)/t17-/m0/s1. The summed E-state index contributed by atoms with van der Waals surface area (Å²) in [4.78, 5) is 12.3. The summed E-state index contributed by atoms with van der Waals surface area (Å²) in [6.45, 7) is 3.74. The second-order valence-electron chi connectivity index (χ2n) is 6.03. The van der Waals surface area contributed by atoms with E-state index in [-0.39, 0.29) is 22.5 Å². The zero-order chi connectivity index (χ0) is 17.7. The topological polar surface area (TPSA) is 89.3 Å². The maximum atomic E-state index is 12.4. The Labute approximate surface area is 142 Å². The minimum absolute atomic E-state index is 0.0200. The molecule has 24 heavy (non-hydrogen) atoms. The summed E-state index contributed by atoms with van der Waals surface area (Å²) in [5, 5.41) is 2.73. The molecule has 0 heterocycles. The number of carbonyl (C=O) groups excluding carboxylic acids is 1. The molecule has 0 aliphatic rings. The molecule has 0 unspecified atom stereocenters. The second kappa shape index (κ2) is 7.59. The molecule has 5 nitrogen and oxygen atoms in total. The zero-order valence-corrected chi connectivity index (χ0v) is 14.6. The number of sulfone groups is 1. The Morgan fingerprint density at radius 1 is 1.08 bits per heavy atom. The number of benzene rings is 2. The Morgan fingerprint density at radius 3 is 2.38 bits per heavy atom. The summed E-state index contributed by atoms with van der Waals surface area (Å²) >= 11 is 0. The molecular formula is C18H22N2O3S. The summed E-state index contributed by atoms with van der Waals surface area (Å²) in [5.41, 5.74) is 6.96. The molecule has 0 fully saturated rings. The molecule has 0 saturated carbocycles. The largest absolute Gasteiger partial charge is 0.325 e. The van der Waals surface area contributed by atoms with Gasteiger partial charge in [0.1, 0.15) is 0 Å². The van der Waals surface area contributed by atoms with Gasteiger partial charge in [0.05, 0.1) is 16.7 Å². The number of nitrogens with one attached hydrogen (secondary N) is 1. The highest BCUT2D eigenvalue weighted by molar-refractivity contribution is 7.90. The fourth-order valence-corrected chi connectivity index (χ4v) is 3.55. The van der Waals surface area contributed by atoms with E-state index in [1.54, 1.807) is 54.6 Å². The molecule has 2 aromatic rings. The van der Waals surface area contributed by atoms with Crippen LogP contribution in [-0.2, 0) is 20.4 Å². The summed E-state index contributed by atoms with van der Waals surface area (Å²) in [6, 6.07) is 14.5. The summed E-state index contributed by atoms with van der Waals surface area (Å²) in [7, 11) is -3.43. The van der Waals surface area contributed by atoms with Crippen LogP contribution < -0.4 is 11.1 Å². The Kier molecular flexibility index (Phi) is 5.75. The third-order valence-corrected chi connectivity index (χ3v) is 5.38. The van der Waals surface area contributed by atoms with Gasteiger partial charge >= 0.3 is 0 Å². The number of hydrogen-bond acceptors (Lipinski definition) is 4. The predicted molar refractivity (Wildman–Crippen MR) is 95.2 cm³/mol. The Morgan fingerprint density at radius 2 is 1.75 bits per heavy atom. The lowest BCUT2D eigenvalue weighted by Gasteiger charge is -2.15. The summed E-state index contributed by atoms with van der Waals surface area (Å²) in [5.74, 6) is -0.392. The number of amides is 1. The lowest BCUT2D eigenvalue weighted by Crippen LogP contribution is -2.39. The minimum atomic E-state index is -3.43. The first-order valence-corrected chi connectivity index (χ1v) is 9.38. The van der Waals surface area contributed by atoms with E-state index in [0.29, 0.717) is 11.3 Å². The molecule has 0 aliphatic carbocycles. The predicted octanol–water partition coefficient (Wildman–Crippen LogP) is 2.58. The summed E-state index contributed by atoms with van der Waals surface area (Å²) in [6.07, 6.45) is 0. The maximum Gasteiger partial charge on any atom is 0.241 e. The average molecular weight is 346 g/mol. The van der Waals surface area contributed by atoms with Crippen molar-refractivity contribution in [2.24, 2.45) is 11.7 Å². The maximum absolute atomic E-state index is 12.4. The average Bonchev–Trinajstić information content (AvgIpc) is 2.54. The van der Waals surface area contributed by atoms with Crippen LogP contribution in [0.4, 0.5) is 5.69 Å². The molecule has 128 valence electrons. The fraction of sp³-hybridized carbons (Fsp3) is 0.278. The quantitative estimate of drug-likeness (QED) is 0.841. The SMILES string of the molecule is CC(C)[C@H](N)C(=O)Nc1cccc(CS(=O)(=O)c2ccccc2)c1. The van der Waals surface area contributed by atoms with Crippen LogP contribution >= 0.6 is 0 Å². The number of nitrogens with two attached hydrogens (primary N) is 1. The van der Waals surface area contributed by atoms with Crippen molar-refractivity contribution in [2.75, 3.05) is 5.32 Å². The van der Waals surface area contributed by atoms with Gasteiger partial charge in [0.25, 0.3) is 0 Å². The van der Waals surface area contributed by atoms with Gasteiger partial charge in [-0.15, -0.1) is 0 Å². The highest BCUT2D eigenvalue weighted by atomic mass is 32.2. The van der Waals surface area contributed by atoms with Crippen molar-refractivity contribution in [3.8, 4) is 0 Å². The van der Waals surface area contributed by atoms with Gasteiger partial charge in [-0.1, -0.05) is 44.2 Å². The van der Waals surface area contributed by atoms with Crippen LogP contribution in [0.25, 0.3) is 0 Å². The fourth-order valence-electron chi connectivity index (χ4n) is 2.20. The Balaban J connectivity index is 2.15. The Hall–Kier alpha value is -2.18. The van der Waals surface area contributed by atoms with Gasteiger partial charge < -0.3 is 11.1 Å². The van der Waals surface area contributed by atoms with Gasteiger partial charge in [-0.3, -0.25) is 4.79 Å². The normalized spacial score (nSPS) is 12.8. The van der Waals surface area contributed by atoms with E-state index < -0.39 is 15.9 Å². The van der Waals surface area contributed by atoms with Crippen molar-refractivity contribution in [3.63, 3.8) is 0 Å². The van der Waals surface area contributed by atoms with E-state index in [1.807, 2.05) is 13.8 Å². The molecule has 0 bridgehead atoms. The van der Waals surface area contributed by atoms with Crippen LogP contribution in [0.15, 0.2) is 59.5 Å². The van der Waals surface area contributed by atoms with Crippen LogP contribution in [-0.4, -0.2) is 20.4 Å². The van der Waals surface area contributed by atoms with E-state index in [1.165, 1.54) is 0 Å². The lowest BCUT2D eigenvalue weighted by atomic mass is 10.0. The van der Waals surface area contributed by atoms with Crippen LogP contribution in [0.2, 0.25) is 0 Å². The van der Waals surface area contributed by atoms with Crippen LogP contribution in [0, 0.1) is 5.92 Å². The zero-order valence-electron chi connectivity index (χ0n) is 13.8.